The average Bonchev–Trinajstić information content (AvgIpc) is 3.35. The van der Waals surface area contributed by atoms with Crippen molar-refractivity contribution in [1.29, 1.82) is 0 Å². The number of β-amino-alcohol motifs (C(OH)–C–C–N with tert-alkyl or cyclic N) is 1. The van der Waals surface area contributed by atoms with Gasteiger partial charge in [0, 0.05) is 31.3 Å². The second-order valence-electron chi connectivity index (χ2n) is 8.57. The normalized spacial score (nSPS) is 20.1. The molecule has 8 heteroatoms. The van der Waals surface area contributed by atoms with Crippen molar-refractivity contribution < 1.29 is 29.3 Å². The maximum Gasteiger partial charge on any atom is 0.407 e. The predicted octanol–water partition coefficient (Wildman–Crippen LogP) is 2.74. The average molecular weight is 453 g/mol. The third kappa shape index (κ3) is 4.71. The van der Waals surface area contributed by atoms with Crippen LogP contribution in [0.15, 0.2) is 48.5 Å². The molecule has 2 aromatic carbocycles. The standard InChI is InChI=1S/C25H28N2O6/c1-2-15(11-23(29)27-13-16(28)12-22(27)24(30)31)26-25(32)33-14-21-19-9-5-3-7-17(19)18-8-4-6-10-20(18)21/h3-10,15-16,21-22,28H,2,11-14H2,1H3,(H,26,32)(H,30,31)/t15-,16?,22+/m1/s1. The predicted molar refractivity (Wildman–Crippen MR) is 121 cm³/mol. The van der Waals surface area contributed by atoms with Gasteiger partial charge in [0.1, 0.15) is 12.6 Å². The van der Waals surface area contributed by atoms with Crippen molar-refractivity contribution >= 4 is 18.0 Å². The van der Waals surface area contributed by atoms with Crippen LogP contribution in [0.4, 0.5) is 4.79 Å². The van der Waals surface area contributed by atoms with Gasteiger partial charge in [-0.15, -0.1) is 0 Å². The zero-order chi connectivity index (χ0) is 23.5. The largest absolute Gasteiger partial charge is 0.480 e. The molecule has 4 rings (SSSR count). The summed E-state index contributed by atoms with van der Waals surface area (Å²) in [6.07, 6.45) is -1.04. The van der Waals surface area contributed by atoms with E-state index in [9.17, 15) is 24.6 Å². The number of aliphatic carboxylic acids is 1. The molecule has 1 unspecified atom stereocenters. The highest BCUT2D eigenvalue weighted by molar-refractivity contribution is 5.85. The number of carbonyl (C=O) groups excluding carboxylic acids is 2. The van der Waals surface area contributed by atoms with Crippen LogP contribution in [-0.4, -0.2) is 64.4 Å². The van der Waals surface area contributed by atoms with E-state index in [-0.39, 0.29) is 31.9 Å². The number of benzene rings is 2. The van der Waals surface area contributed by atoms with E-state index in [0.29, 0.717) is 6.42 Å². The second-order valence-corrected chi connectivity index (χ2v) is 8.57. The van der Waals surface area contributed by atoms with Gasteiger partial charge in [-0.25, -0.2) is 9.59 Å². The maximum atomic E-state index is 12.7. The minimum atomic E-state index is -1.14. The maximum absolute atomic E-state index is 12.7. The first-order valence-corrected chi connectivity index (χ1v) is 11.2. The number of aliphatic hydroxyl groups is 1. The number of fused-ring (bicyclic) bond motifs is 3. The SMILES string of the molecule is CC[C@H](CC(=O)N1CC(O)C[C@H]1C(=O)O)NC(=O)OCC1c2ccccc2-c2ccccc21. The number of hydrogen-bond donors (Lipinski definition) is 3. The molecule has 3 atom stereocenters. The highest BCUT2D eigenvalue weighted by Crippen LogP contribution is 2.44. The quantitative estimate of drug-likeness (QED) is 0.595. The Morgan fingerprint density at radius 3 is 2.27 bits per heavy atom. The summed E-state index contributed by atoms with van der Waals surface area (Å²) >= 11 is 0. The zero-order valence-corrected chi connectivity index (χ0v) is 18.4. The number of carboxylic acids is 1. The van der Waals surface area contributed by atoms with Crippen LogP contribution in [0.2, 0.25) is 0 Å². The molecule has 1 aliphatic heterocycles. The van der Waals surface area contributed by atoms with Gasteiger partial charge in [-0.05, 0) is 28.7 Å². The molecule has 2 aromatic rings. The van der Waals surface area contributed by atoms with Crippen molar-refractivity contribution in [3.05, 3.63) is 59.7 Å². The number of hydrogen-bond acceptors (Lipinski definition) is 5. The van der Waals surface area contributed by atoms with Gasteiger partial charge >= 0.3 is 12.1 Å². The molecular weight excluding hydrogens is 424 g/mol. The van der Waals surface area contributed by atoms with E-state index in [1.54, 1.807) is 0 Å². The summed E-state index contributed by atoms with van der Waals surface area (Å²) in [5.41, 5.74) is 4.50. The number of carbonyl (C=O) groups is 3. The Bertz CT molecular complexity index is 1010. The molecule has 3 N–H and O–H groups in total. The van der Waals surface area contributed by atoms with E-state index in [0.717, 1.165) is 22.3 Å². The Kier molecular flexibility index (Phi) is 6.65. The van der Waals surface area contributed by atoms with Gasteiger partial charge < -0.3 is 25.2 Å². The molecule has 2 amide bonds. The van der Waals surface area contributed by atoms with E-state index in [1.807, 2.05) is 43.3 Å². The molecule has 0 radical (unpaired) electrons. The molecule has 1 saturated heterocycles. The van der Waals surface area contributed by atoms with Gasteiger partial charge in [0.25, 0.3) is 0 Å². The van der Waals surface area contributed by atoms with Crippen LogP contribution >= 0.6 is 0 Å². The van der Waals surface area contributed by atoms with E-state index in [2.05, 4.69) is 17.4 Å². The summed E-state index contributed by atoms with van der Waals surface area (Å²) in [6.45, 7) is 1.98. The molecule has 1 heterocycles. The molecule has 174 valence electrons. The fraction of sp³-hybridized carbons (Fsp3) is 0.400. The minimum Gasteiger partial charge on any atom is -0.480 e. The Morgan fingerprint density at radius 1 is 1.09 bits per heavy atom. The molecule has 0 spiro atoms. The zero-order valence-electron chi connectivity index (χ0n) is 18.4. The van der Waals surface area contributed by atoms with Gasteiger partial charge in [0.05, 0.1) is 6.10 Å². The summed E-state index contributed by atoms with van der Waals surface area (Å²) < 4.78 is 5.55. The van der Waals surface area contributed by atoms with Crippen LogP contribution < -0.4 is 5.32 Å². The Hall–Kier alpha value is -3.39. The lowest BCUT2D eigenvalue weighted by Gasteiger charge is -2.24. The van der Waals surface area contributed by atoms with Gasteiger partial charge in [-0.2, -0.15) is 0 Å². The minimum absolute atomic E-state index is 0.0116. The van der Waals surface area contributed by atoms with Crippen LogP contribution in [0.1, 0.15) is 43.2 Å². The lowest BCUT2D eigenvalue weighted by atomic mass is 9.98. The van der Waals surface area contributed by atoms with Crippen LogP contribution in [0.25, 0.3) is 11.1 Å². The van der Waals surface area contributed by atoms with Gasteiger partial charge in [-0.1, -0.05) is 55.5 Å². The van der Waals surface area contributed by atoms with E-state index in [4.69, 9.17) is 4.74 Å². The third-order valence-corrected chi connectivity index (χ3v) is 6.46. The van der Waals surface area contributed by atoms with Crippen LogP contribution in [0, 0.1) is 0 Å². The van der Waals surface area contributed by atoms with Crippen molar-refractivity contribution in [3.63, 3.8) is 0 Å². The number of rotatable bonds is 7. The topological polar surface area (TPSA) is 116 Å². The first-order chi connectivity index (χ1) is 15.9. The van der Waals surface area contributed by atoms with Crippen molar-refractivity contribution in [3.8, 4) is 11.1 Å². The van der Waals surface area contributed by atoms with Gasteiger partial charge in [0.2, 0.25) is 5.91 Å². The summed E-state index contributed by atoms with van der Waals surface area (Å²) in [4.78, 5) is 37.7. The van der Waals surface area contributed by atoms with Crippen LogP contribution in [0.3, 0.4) is 0 Å². The Labute approximate surface area is 192 Å². The lowest BCUT2D eigenvalue weighted by molar-refractivity contribution is -0.148. The highest BCUT2D eigenvalue weighted by Gasteiger charge is 2.39. The van der Waals surface area contributed by atoms with Crippen molar-refractivity contribution in [1.82, 2.24) is 10.2 Å². The molecule has 33 heavy (non-hydrogen) atoms. The highest BCUT2D eigenvalue weighted by atomic mass is 16.5. The molecule has 2 aliphatic rings. The fourth-order valence-corrected chi connectivity index (χ4v) is 4.76. The second kappa shape index (κ2) is 9.62. The van der Waals surface area contributed by atoms with Crippen LogP contribution in [0.5, 0.6) is 0 Å². The summed E-state index contributed by atoms with van der Waals surface area (Å²) in [5.74, 6) is -1.62. The number of likely N-dealkylation sites (tertiary alicyclic amines) is 1. The lowest BCUT2D eigenvalue weighted by Crippen LogP contribution is -2.44. The number of nitrogens with zero attached hydrogens (tertiary/aromatic N) is 1. The first-order valence-electron chi connectivity index (χ1n) is 11.2. The van der Waals surface area contributed by atoms with Crippen LogP contribution in [-0.2, 0) is 14.3 Å². The molecule has 1 fully saturated rings. The van der Waals surface area contributed by atoms with E-state index in [1.165, 1.54) is 4.90 Å². The third-order valence-electron chi connectivity index (χ3n) is 6.46. The number of alkyl carbamates (subject to hydrolysis) is 1. The summed E-state index contributed by atoms with van der Waals surface area (Å²) in [7, 11) is 0. The van der Waals surface area contributed by atoms with Crippen molar-refractivity contribution in [2.75, 3.05) is 13.2 Å². The fourth-order valence-electron chi connectivity index (χ4n) is 4.76. The summed E-state index contributed by atoms with van der Waals surface area (Å²) in [5, 5.41) is 21.8. The molecule has 1 aliphatic carbocycles. The molecule has 0 aromatic heterocycles. The van der Waals surface area contributed by atoms with E-state index < -0.39 is 36.2 Å². The Balaban J connectivity index is 1.36. The molecule has 0 saturated carbocycles. The number of carboxylic acid groups (broad SMARTS) is 1. The number of ether oxygens (including phenoxy) is 1. The van der Waals surface area contributed by atoms with E-state index >= 15 is 0 Å². The van der Waals surface area contributed by atoms with Gasteiger partial charge in [0.15, 0.2) is 0 Å². The smallest absolute Gasteiger partial charge is 0.407 e. The van der Waals surface area contributed by atoms with Crippen molar-refractivity contribution in [2.45, 2.75) is 50.3 Å². The number of amides is 2. The number of nitrogens with one attached hydrogen (secondary N) is 1. The molecule has 8 nitrogen and oxygen atoms in total. The molecule has 0 bridgehead atoms. The Morgan fingerprint density at radius 2 is 1.70 bits per heavy atom. The number of aliphatic hydroxyl groups excluding tert-OH is 1. The first kappa shape index (κ1) is 22.8. The van der Waals surface area contributed by atoms with Gasteiger partial charge in [-0.3, -0.25) is 4.79 Å². The summed E-state index contributed by atoms with van der Waals surface area (Å²) in [6, 6.07) is 14.6. The van der Waals surface area contributed by atoms with Crippen molar-refractivity contribution in [2.24, 2.45) is 0 Å². The monoisotopic (exact) mass is 452 g/mol. The molecular formula is C25H28N2O6.